The predicted octanol–water partition coefficient (Wildman–Crippen LogP) is -0.111. The molecule has 1 heterocycles. The van der Waals surface area contributed by atoms with Crippen LogP contribution in [0.4, 0.5) is 5.69 Å². The molecule has 0 aliphatic carbocycles. The van der Waals surface area contributed by atoms with Gasteiger partial charge in [-0.2, -0.15) is 0 Å². The van der Waals surface area contributed by atoms with Crippen LogP contribution in [0.15, 0.2) is 24.3 Å². The maximum atomic E-state index is 11.8. The summed E-state index contributed by atoms with van der Waals surface area (Å²) in [5, 5.41) is 24.5. The number of nitrogens with one attached hydrogen (secondary N) is 2. The van der Waals surface area contributed by atoms with E-state index in [2.05, 4.69) is 10.6 Å². The highest BCUT2D eigenvalue weighted by Gasteiger charge is 2.47. The van der Waals surface area contributed by atoms with Gasteiger partial charge in [0.1, 0.15) is 6.04 Å². The zero-order valence-corrected chi connectivity index (χ0v) is 9.80. The Morgan fingerprint density at radius 3 is 2.78 bits per heavy atom. The summed E-state index contributed by atoms with van der Waals surface area (Å²) in [5.74, 6) is -1.70. The van der Waals surface area contributed by atoms with Gasteiger partial charge in [-0.05, 0) is 13.1 Å². The van der Waals surface area contributed by atoms with Crippen molar-refractivity contribution in [2.24, 2.45) is 0 Å². The molecule has 4 N–H and O–H groups in total. The summed E-state index contributed by atoms with van der Waals surface area (Å²) in [5.41, 5.74) is -0.871. The molecule has 96 valence electrons. The highest BCUT2D eigenvalue weighted by atomic mass is 16.4. The van der Waals surface area contributed by atoms with Crippen LogP contribution in [0.25, 0.3) is 0 Å². The maximum absolute atomic E-state index is 11.8. The van der Waals surface area contributed by atoms with E-state index in [-0.39, 0.29) is 6.42 Å². The van der Waals surface area contributed by atoms with Crippen LogP contribution in [0.1, 0.15) is 12.0 Å². The van der Waals surface area contributed by atoms with E-state index in [9.17, 15) is 14.7 Å². The monoisotopic (exact) mass is 250 g/mol. The number of aliphatic carboxylic acids is 1. The number of carbonyl (C=O) groups excluding carboxylic acids is 1. The molecule has 0 bridgehead atoms. The van der Waals surface area contributed by atoms with Crippen molar-refractivity contribution in [3.8, 4) is 0 Å². The fraction of sp³-hybridized carbons (Fsp3) is 0.333. The number of carboxylic acid groups (broad SMARTS) is 1. The first-order valence-electron chi connectivity index (χ1n) is 5.52. The van der Waals surface area contributed by atoms with E-state index >= 15 is 0 Å². The summed E-state index contributed by atoms with van der Waals surface area (Å²) in [6, 6.07) is 5.71. The Morgan fingerprint density at radius 2 is 2.17 bits per heavy atom. The summed E-state index contributed by atoms with van der Waals surface area (Å²) in [7, 11) is 1.47. The van der Waals surface area contributed by atoms with Crippen LogP contribution in [0.5, 0.6) is 0 Å². The van der Waals surface area contributed by atoms with Crippen molar-refractivity contribution in [2.45, 2.75) is 18.1 Å². The van der Waals surface area contributed by atoms with Gasteiger partial charge in [0.2, 0.25) is 0 Å². The number of aliphatic hydroxyl groups is 1. The summed E-state index contributed by atoms with van der Waals surface area (Å²) < 4.78 is 0. The Balaban J connectivity index is 2.36. The number of likely N-dealkylation sites (N-methyl/N-ethyl adjacent to an activating group) is 1. The van der Waals surface area contributed by atoms with E-state index in [1.54, 1.807) is 24.3 Å². The second-order valence-corrected chi connectivity index (χ2v) is 4.24. The number of benzene rings is 1. The standard InChI is InChI=1S/C12H14N2O4/c1-13-9(10(15)16)6-12(18)7-4-2-3-5-8(7)14-11(12)17/h2-5,9,13,18H,6H2,1H3,(H,14,17)(H,15,16). The molecular weight excluding hydrogens is 236 g/mol. The minimum atomic E-state index is -1.80. The average molecular weight is 250 g/mol. The lowest BCUT2D eigenvalue weighted by molar-refractivity contribution is -0.144. The lowest BCUT2D eigenvalue weighted by Gasteiger charge is -2.24. The molecule has 18 heavy (non-hydrogen) atoms. The third-order valence-corrected chi connectivity index (χ3v) is 3.14. The zero-order valence-electron chi connectivity index (χ0n) is 9.80. The van der Waals surface area contributed by atoms with Crippen molar-refractivity contribution in [3.05, 3.63) is 29.8 Å². The van der Waals surface area contributed by atoms with Crippen LogP contribution >= 0.6 is 0 Å². The molecule has 1 amide bonds. The van der Waals surface area contributed by atoms with Crippen LogP contribution in [0.2, 0.25) is 0 Å². The Bertz CT molecular complexity index is 503. The van der Waals surface area contributed by atoms with Gasteiger partial charge in [0.25, 0.3) is 5.91 Å². The van der Waals surface area contributed by atoms with Gasteiger partial charge in [0.15, 0.2) is 5.60 Å². The largest absolute Gasteiger partial charge is 0.480 e. The van der Waals surface area contributed by atoms with Gasteiger partial charge >= 0.3 is 5.97 Å². The van der Waals surface area contributed by atoms with Gasteiger partial charge in [-0.1, -0.05) is 18.2 Å². The van der Waals surface area contributed by atoms with E-state index in [0.717, 1.165) is 0 Å². The molecule has 0 radical (unpaired) electrons. The van der Waals surface area contributed by atoms with Crippen LogP contribution < -0.4 is 10.6 Å². The van der Waals surface area contributed by atoms with E-state index in [1.807, 2.05) is 0 Å². The van der Waals surface area contributed by atoms with Gasteiger partial charge in [0.05, 0.1) is 0 Å². The van der Waals surface area contributed by atoms with Gasteiger partial charge in [-0.25, -0.2) is 0 Å². The molecule has 0 aromatic heterocycles. The fourth-order valence-corrected chi connectivity index (χ4v) is 2.11. The third-order valence-electron chi connectivity index (χ3n) is 3.14. The topological polar surface area (TPSA) is 98.7 Å². The molecule has 0 fully saturated rings. The summed E-state index contributed by atoms with van der Waals surface area (Å²) in [4.78, 5) is 22.8. The predicted molar refractivity (Wildman–Crippen MR) is 64.1 cm³/mol. The lowest BCUT2D eigenvalue weighted by Crippen LogP contribution is -2.45. The first-order valence-corrected chi connectivity index (χ1v) is 5.52. The number of para-hydroxylation sites is 1. The number of carboxylic acids is 1. The maximum Gasteiger partial charge on any atom is 0.320 e. The molecule has 2 rings (SSSR count). The molecule has 1 aromatic rings. The van der Waals surface area contributed by atoms with Crippen molar-refractivity contribution in [1.29, 1.82) is 0 Å². The molecule has 0 saturated heterocycles. The lowest BCUT2D eigenvalue weighted by atomic mass is 9.88. The molecule has 2 unspecified atom stereocenters. The number of amides is 1. The van der Waals surface area contributed by atoms with Crippen molar-refractivity contribution in [2.75, 3.05) is 12.4 Å². The minimum Gasteiger partial charge on any atom is -0.480 e. The molecule has 6 heteroatoms. The molecule has 0 saturated carbocycles. The number of hydrogen-bond acceptors (Lipinski definition) is 4. The van der Waals surface area contributed by atoms with Gasteiger partial charge in [-0.15, -0.1) is 0 Å². The Kier molecular flexibility index (Phi) is 3.06. The number of carbonyl (C=O) groups is 2. The van der Waals surface area contributed by atoms with Crippen molar-refractivity contribution in [3.63, 3.8) is 0 Å². The minimum absolute atomic E-state index is 0.221. The molecule has 1 aliphatic heterocycles. The molecule has 1 aromatic carbocycles. The third kappa shape index (κ3) is 1.85. The van der Waals surface area contributed by atoms with Crippen LogP contribution in [0.3, 0.4) is 0 Å². The Labute approximate surface area is 104 Å². The normalized spacial score (nSPS) is 23.3. The van der Waals surface area contributed by atoms with Gasteiger partial charge in [-0.3, -0.25) is 9.59 Å². The highest BCUT2D eigenvalue weighted by molar-refractivity contribution is 6.05. The molecular formula is C12H14N2O4. The summed E-state index contributed by atoms with van der Waals surface area (Å²) >= 11 is 0. The second-order valence-electron chi connectivity index (χ2n) is 4.24. The van der Waals surface area contributed by atoms with Crippen LogP contribution in [0, 0.1) is 0 Å². The summed E-state index contributed by atoms with van der Waals surface area (Å²) in [6.45, 7) is 0. The molecule has 2 atom stereocenters. The molecule has 0 spiro atoms. The quantitative estimate of drug-likeness (QED) is 0.597. The number of hydrogen-bond donors (Lipinski definition) is 4. The average Bonchev–Trinajstić information content (AvgIpc) is 2.59. The smallest absolute Gasteiger partial charge is 0.320 e. The molecule has 6 nitrogen and oxygen atoms in total. The highest BCUT2D eigenvalue weighted by Crippen LogP contribution is 2.38. The SMILES string of the molecule is CNC(CC1(O)C(=O)Nc2ccccc21)C(=O)O. The summed E-state index contributed by atoms with van der Waals surface area (Å²) in [6.07, 6.45) is -0.221. The Morgan fingerprint density at radius 1 is 1.50 bits per heavy atom. The van der Waals surface area contributed by atoms with Crippen LogP contribution in [-0.2, 0) is 15.2 Å². The van der Waals surface area contributed by atoms with E-state index in [4.69, 9.17) is 5.11 Å². The first kappa shape index (κ1) is 12.5. The second kappa shape index (κ2) is 4.40. The number of anilines is 1. The van der Waals surface area contributed by atoms with Crippen molar-refractivity contribution < 1.29 is 19.8 Å². The van der Waals surface area contributed by atoms with E-state index < -0.39 is 23.5 Å². The van der Waals surface area contributed by atoms with Gasteiger partial charge in [0, 0.05) is 17.7 Å². The van der Waals surface area contributed by atoms with Crippen molar-refractivity contribution in [1.82, 2.24) is 5.32 Å². The fourth-order valence-electron chi connectivity index (χ4n) is 2.11. The van der Waals surface area contributed by atoms with Crippen molar-refractivity contribution >= 4 is 17.6 Å². The Hall–Kier alpha value is -1.92. The van der Waals surface area contributed by atoms with E-state index in [1.165, 1.54) is 7.05 Å². The first-order chi connectivity index (χ1) is 8.49. The molecule has 1 aliphatic rings. The number of fused-ring (bicyclic) bond motifs is 1. The number of rotatable bonds is 4. The zero-order chi connectivity index (χ0) is 13.3. The van der Waals surface area contributed by atoms with E-state index in [0.29, 0.717) is 11.3 Å². The van der Waals surface area contributed by atoms with Gasteiger partial charge < -0.3 is 20.8 Å². The van der Waals surface area contributed by atoms with Crippen LogP contribution in [-0.4, -0.2) is 35.2 Å².